The van der Waals surface area contributed by atoms with E-state index in [2.05, 4.69) is 77.0 Å². The maximum atomic E-state index is 12.9. The van der Waals surface area contributed by atoms with Gasteiger partial charge in [-0.25, -0.2) is 23.3 Å². The van der Waals surface area contributed by atoms with Crippen LogP contribution in [0, 0.1) is 5.41 Å². The van der Waals surface area contributed by atoms with Crippen LogP contribution in [0.4, 0.5) is 18.0 Å². The zero-order valence-electron chi connectivity index (χ0n) is 50.5. The number of alkyl halides is 3. The van der Waals surface area contributed by atoms with Gasteiger partial charge in [-0.2, -0.15) is 13.2 Å². The number of nitrogens with zero attached hydrogens (tertiary/aromatic N) is 14. The molecule has 4 aliphatic rings. The molecule has 4 fully saturated rings. The lowest BCUT2D eigenvalue weighted by Crippen LogP contribution is -2.56. The molecule has 0 saturated carbocycles. The van der Waals surface area contributed by atoms with Crippen molar-refractivity contribution in [3.05, 3.63) is 95.1 Å². The summed E-state index contributed by atoms with van der Waals surface area (Å²) >= 11 is 0. The van der Waals surface area contributed by atoms with Crippen molar-refractivity contribution in [2.45, 2.75) is 109 Å². The van der Waals surface area contributed by atoms with E-state index in [0.717, 1.165) is 56.8 Å². The summed E-state index contributed by atoms with van der Waals surface area (Å²) in [5.41, 5.74) is 6.19. The van der Waals surface area contributed by atoms with E-state index in [4.69, 9.17) is 4.74 Å². The summed E-state index contributed by atoms with van der Waals surface area (Å²) in [7, 11) is 7.63. The van der Waals surface area contributed by atoms with E-state index in [9.17, 15) is 42.3 Å². The average molecular weight is 1260 g/mol. The summed E-state index contributed by atoms with van der Waals surface area (Å²) < 4.78 is 62.3. The number of aromatic nitrogens is 8. The fraction of sp³-hybridized carbons (Fsp3) is 0.508. The molecule has 12 rings (SSSR count). The van der Waals surface area contributed by atoms with E-state index in [0.29, 0.717) is 118 Å². The zero-order valence-corrected chi connectivity index (χ0v) is 51.3. The molecule has 8 heterocycles. The van der Waals surface area contributed by atoms with Crippen LogP contribution in [0.25, 0.3) is 44.1 Å². The molecule has 5 amide bonds. The van der Waals surface area contributed by atoms with Crippen molar-refractivity contribution in [3.63, 3.8) is 0 Å². The van der Waals surface area contributed by atoms with Crippen molar-refractivity contribution >= 4 is 86.3 Å². The Bertz CT molecular complexity index is 3690. The first-order valence-corrected chi connectivity index (χ1v) is 29.1. The van der Waals surface area contributed by atoms with Gasteiger partial charge in [-0.3, -0.25) is 19.2 Å². The maximum absolute atomic E-state index is 12.9. The van der Waals surface area contributed by atoms with Crippen molar-refractivity contribution in [1.82, 2.24) is 76.0 Å². The first-order chi connectivity index (χ1) is 42.0. The summed E-state index contributed by atoms with van der Waals surface area (Å²) in [6.45, 7) is 9.93. The first-order valence-electron chi connectivity index (χ1n) is 29.1. The van der Waals surface area contributed by atoms with E-state index in [-0.39, 0.29) is 53.2 Å². The third kappa shape index (κ3) is 16.7. The van der Waals surface area contributed by atoms with Gasteiger partial charge in [-0.05, 0) is 204 Å². The number of benzene rings is 4. The van der Waals surface area contributed by atoms with Crippen molar-refractivity contribution in [2.75, 3.05) is 80.7 Å². The first kappa shape index (κ1) is 66.5. The molecule has 478 valence electrons. The summed E-state index contributed by atoms with van der Waals surface area (Å²) in [5, 5.41) is 42.6. The predicted octanol–water partition coefficient (Wildman–Crippen LogP) is 8.12. The molecule has 0 bridgehead atoms. The minimum Gasteiger partial charge on any atom is -0.465 e. The van der Waals surface area contributed by atoms with Gasteiger partial charge in [0.05, 0.1) is 0 Å². The molecule has 4 aromatic heterocycles. The molecule has 89 heavy (non-hydrogen) atoms. The lowest BCUT2D eigenvalue weighted by molar-refractivity contribution is -0.147. The number of hydrogen-bond donors (Lipinski definition) is 2. The molecule has 2 N–H and O–H groups in total. The van der Waals surface area contributed by atoms with E-state index in [1.807, 2.05) is 44.7 Å². The smallest absolute Gasteiger partial charge is 0.407 e. The van der Waals surface area contributed by atoms with Gasteiger partial charge in [-0.15, -0.1) is 12.4 Å². The molecule has 4 aliphatic heterocycles. The van der Waals surface area contributed by atoms with Gasteiger partial charge in [-0.1, -0.05) is 20.8 Å². The highest BCUT2D eigenvalue weighted by Crippen LogP contribution is 2.34. The van der Waals surface area contributed by atoms with Crippen LogP contribution in [0.5, 0.6) is 0 Å². The number of nitrogens with one attached hydrogen (secondary N) is 1. The monoisotopic (exact) mass is 1260 g/mol. The predicted molar refractivity (Wildman–Crippen MR) is 319 cm³/mol. The fourth-order valence-electron chi connectivity index (χ4n) is 11.4. The Balaban J connectivity index is 0.000000154. The molecule has 0 aliphatic carbocycles. The largest absolute Gasteiger partial charge is 0.465 e. The number of ether oxygens (including phenoxy) is 1. The molecular weight excluding hydrogens is 1190 g/mol. The van der Waals surface area contributed by atoms with Gasteiger partial charge >= 0.3 is 12.3 Å². The minimum absolute atomic E-state index is 0. The van der Waals surface area contributed by atoms with Gasteiger partial charge in [0.1, 0.15) is 50.7 Å². The molecule has 0 radical (unpaired) electrons. The van der Waals surface area contributed by atoms with E-state index >= 15 is 0 Å². The number of carbonyl (C=O) groups is 5. The van der Waals surface area contributed by atoms with Gasteiger partial charge < -0.3 is 44.6 Å². The Morgan fingerprint density at radius 2 is 0.888 bits per heavy atom. The van der Waals surface area contributed by atoms with E-state index < -0.39 is 30.8 Å². The molecule has 26 nitrogen and oxygen atoms in total. The molecule has 8 aromatic rings. The molecule has 30 heteroatoms. The van der Waals surface area contributed by atoms with Gasteiger partial charge in [0, 0.05) is 93.4 Å². The van der Waals surface area contributed by atoms with E-state index in [1.54, 1.807) is 66.5 Å². The maximum Gasteiger partial charge on any atom is 0.407 e. The van der Waals surface area contributed by atoms with Crippen LogP contribution < -0.4 is 5.32 Å². The van der Waals surface area contributed by atoms with Crippen LogP contribution in [0.15, 0.2) is 91.3 Å². The summed E-state index contributed by atoms with van der Waals surface area (Å²) in [5.74, 6) is -0.739. The Morgan fingerprint density at radius 1 is 0.528 bits per heavy atom. The van der Waals surface area contributed by atoms with Crippen molar-refractivity contribution in [2.24, 2.45) is 5.41 Å². The Morgan fingerprint density at radius 3 is 1.27 bits per heavy atom. The molecule has 4 aromatic carbocycles. The lowest BCUT2D eigenvalue weighted by atomic mass is 9.79. The minimum atomic E-state index is -4.46. The Labute approximate surface area is 515 Å². The number of piperidine rings is 3. The van der Waals surface area contributed by atoms with Crippen molar-refractivity contribution < 1.29 is 65.5 Å². The number of carboxylic acid groups (broad SMARTS) is 1. The normalized spacial score (nSPS) is 17.9. The Kier molecular flexibility index (Phi) is 21.9. The van der Waals surface area contributed by atoms with Crippen LogP contribution in [0.1, 0.15) is 114 Å². The topological polar surface area (TPSA) is 302 Å². The molecule has 2 atom stereocenters. The van der Waals surface area contributed by atoms with Gasteiger partial charge in [0.15, 0.2) is 0 Å². The quantitative estimate of drug-likeness (QED) is 0.138. The summed E-state index contributed by atoms with van der Waals surface area (Å²) in [6, 6.07) is 19.9. The SMILES string of the molecule is CN(C(=O)c1ccc2nonc2c1)C1CCN(C(=O)O)C(C(C)(C)C)C1.CN(C(=O)c1ccc2nonc2c1)C1CCNCC1.CN1CCC(N(C)C(=O)c2ccc3nonc3c2)CC1.Cl.O=C(c1ccc2nonc2c1)N(CC(F)(F)F)C1CCOCC1. The zero-order chi connectivity index (χ0) is 62.9. The van der Waals surface area contributed by atoms with Crippen LogP contribution in [0.2, 0.25) is 0 Å². The highest BCUT2D eigenvalue weighted by molar-refractivity contribution is 5.99. The second-order valence-corrected chi connectivity index (χ2v) is 23.6. The third-order valence-electron chi connectivity index (χ3n) is 16.7. The molecule has 0 spiro atoms. The number of rotatable bonds is 9. The van der Waals surface area contributed by atoms with Crippen LogP contribution in [-0.4, -0.2) is 223 Å². The second kappa shape index (κ2) is 29.3. The van der Waals surface area contributed by atoms with Crippen LogP contribution in [-0.2, 0) is 4.74 Å². The number of halogens is 4. The average Bonchev–Trinajstić information content (AvgIpc) is 3.35. The van der Waals surface area contributed by atoms with Crippen molar-refractivity contribution in [3.8, 4) is 0 Å². The highest BCUT2D eigenvalue weighted by atomic mass is 35.5. The van der Waals surface area contributed by atoms with E-state index in [1.165, 1.54) is 23.1 Å². The van der Waals surface area contributed by atoms with Crippen molar-refractivity contribution in [1.29, 1.82) is 0 Å². The number of likely N-dealkylation sites (tertiary alicyclic amines) is 2. The van der Waals surface area contributed by atoms with Gasteiger partial charge in [0.2, 0.25) is 0 Å². The standard InChI is InChI=1S/C18H24N4O4.C14H14F3N3O3.C14H18N4O2.C13H16N4O2.ClH/c1-18(2,3)15-10-12(7-8-22(15)17(24)25)21(4)16(23)11-5-6-13-14(9-11)20-26-19-13;15-14(16,17)8-20(10-3-5-22-6-4-10)13(21)9-1-2-11-12(7-9)19-23-18-11;1-17-7-5-11(6-8-17)18(2)14(19)10-3-4-12-13(9-10)16-20-15-12;1-17(10-4-6-14-7-5-10)13(18)9-2-3-11-12(8-9)16-19-15-11;/h5-6,9,12,15H,7-8,10H2,1-4H3,(H,24,25);1-2,7,10H,3-6,8H2;3-4,9,11H,5-8H2,1-2H3;2-3,8,10,14H,4-7H2,1H3;1H. The Hall–Kier alpha value is -8.41. The second-order valence-electron chi connectivity index (χ2n) is 23.6. The van der Waals surface area contributed by atoms with Crippen LogP contribution >= 0.6 is 12.4 Å². The third-order valence-corrected chi connectivity index (χ3v) is 16.7. The number of fused-ring (bicyclic) bond motifs is 4. The summed E-state index contributed by atoms with van der Waals surface area (Å²) in [4.78, 5) is 72.1. The fourth-order valence-corrected chi connectivity index (χ4v) is 11.4. The number of amides is 5. The highest BCUT2D eigenvalue weighted by Gasteiger charge is 2.41. The lowest BCUT2D eigenvalue weighted by Gasteiger charge is -2.46. The number of carbonyl (C=O) groups excluding carboxylic acids is 4. The molecule has 2 unspecified atom stereocenters. The molecule has 4 saturated heterocycles. The van der Waals surface area contributed by atoms with Crippen LogP contribution in [0.3, 0.4) is 0 Å². The number of hydrogen-bond acceptors (Lipinski definition) is 20. The van der Waals surface area contributed by atoms with Gasteiger partial charge in [0.25, 0.3) is 23.6 Å². The summed E-state index contributed by atoms with van der Waals surface area (Å²) in [6.07, 6.45) is 0.672. The molecular formula is C59H73ClF3N15O11.